The van der Waals surface area contributed by atoms with Gasteiger partial charge in [-0.2, -0.15) is 0 Å². The van der Waals surface area contributed by atoms with Gasteiger partial charge in [0.1, 0.15) is 16.5 Å². The second-order valence-electron chi connectivity index (χ2n) is 9.03. The van der Waals surface area contributed by atoms with Gasteiger partial charge in [-0.15, -0.1) is 0 Å². The molecule has 0 aromatic heterocycles. The van der Waals surface area contributed by atoms with E-state index in [0.29, 0.717) is 25.2 Å². The number of carbonyl (C=O) groups is 2. The second kappa shape index (κ2) is 12.3. The minimum absolute atomic E-state index is 0.0338. The van der Waals surface area contributed by atoms with Crippen LogP contribution < -0.4 is 14.8 Å². The van der Waals surface area contributed by atoms with Crippen molar-refractivity contribution in [2.75, 3.05) is 20.3 Å². The molecule has 8 nitrogen and oxygen atoms in total. The van der Waals surface area contributed by atoms with Crippen molar-refractivity contribution in [3.63, 3.8) is 0 Å². The number of sulfonamides is 1. The summed E-state index contributed by atoms with van der Waals surface area (Å²) in [7, 11) is -2.50. The maximum atomic E-state index is 13.4. The molecule has 1 aliphatic heterocycles. The number of hydrogen-bond acceptors (Lipinski definition) is 6. The summed E-state index contributed by atoms with van der Waals surface area (Å²) in [6, 6.07) is 17.6. The smallest absolute Gasteiger partial charge is 0.251 e. The highest BCUT2D eigenvalue weighted by atomic mass is 32.2. The molecule has 3 aromatic carbocycles. The van der Waals surface area contributed by atoms with Crippen molar-refractivity contribution in [2.24, 2.45) is 0 Å². The van der Waals surface area contributed by atoms with Gasteiger partial charge in [-0.05, 0) is 60.4 Å². The first-order chi connectivity index (χ1) is 18.2. The lowest BCUT2D eigenvalue weighted by atomic mass is 9.97. The summed E-state index contributed by atoms with van der Waals surface area (Å²) in [6.07, 6.45) is 0.770. The number of ether oxygens (including phenoxy) is 2. The lowest BCUT2D eigenvalue weighted by molar-refractivity contribution is -0.120. The zero-order valence-corrected chi connectivity index (χ0v) is 21.7. The number of nitrogens with one attached hydrogen (secondary N) is 2. The number of rotatable bonds is 11. The average molecular weight is 541 g/mol. The SMILES string of the molecule is COc1cc(CC(=O)[C@H](Cc2ccccc2)NC(=O)c2ccc(F)cc2)ccc1S(=O)(=O)N[C@@H]1CCOC1. The number of halogens is 1. The summed E-state index contributed by atoms with van der Waals surface area (Å²) < 4.78 is 52.3. The third-order valence-corrected chi connectivity index (χ3v) is 7.79. The van der Waals surface area contributed by atoms with Crippen molar-refractivity contribution in [1.29, 1.82) is 0 Å². The molecule has 200 valence electrons. The van der Waals surface area contributed by atoms with Crippen molar-refractivity contribution in [3.8, 4) is 5.75 Å². The molecular formula is C28H29FN2O6S. The van der Waals surface area contributed by atoms with Crippen LogP contribution in [0.2, 0.25) is 0 Å². The molecule has 0 aliphatic carbocycles. The Kier molecular flexibility index (Phi) is 8.88. The van der Waals surface area contributed by atoms with E-state index in [2.05, 4.69) is 10.0 Å². The fourth-order valence-corrected chi connectivity index (χ4v) is 5.62. The molecule has 0 bridgehead atoms. The van der Waals surface area contributed by atoms with Crippen LogP contribution in [-0.2, 0) is 32.4 Å². The Bertz CT molecular complexity index is 1370. The van der Waals surface area contributed by atoms with Gasteiger partial charge < -0.3 is 14.8 Å². The monoisotopic (exact) mass is 540 g/mol. The first-order valence-electron chi connectivity index (χ1n) is 12.2. The van der Waals surface area contributed by atoms with E-state index in [1.54, 1.807) is 6.07 Å². The van der Waals surface area contributed by atoms with Crippen LogP contribution in [-0.4, -0.2) is 52.5 Å². The van der Waals surface area contributed by atoms with E-state index in [1.165, 1.54) is 43.5 Å². The molecule has 1 fully saturated rings. The molecule has 3 aromatic rings. The molecule has 0 radical (unpaired) electrons. The predicted molar refractivity (Wildman–Crippen MR) is 139 cm³/mol. The van der Waals surface area contributed by atoms with E-state index in [0.717, 1.165) is 5.56 Å². The number of ketones is 1. The minimum atomic E-state index is -3.86. The van der Waals surface area contributed by atoms with E-state index < -0.39 is 27.8 Å². The Morgan fingerprint density at radius 1 is 1.05 bits per heavy atom. The van der Waals surface area contributed by atoms with Gasteiger partial charge in [-0.25, -0.2) is 17.5 Å². The number of hydrogen-bond donors (Lipinski definition) is 2. The third kappa shape index (κ3) is 7.03. The highest BCUT2D eigenvalue weighted by Crippen LogP contribution is 2.26. The van der Waals surface area contributed by atoms with Crippen molar-refractivity contribution in [3.05, 3.63) is 95.3 Å². The Balaban J connectivity index is 1.53. The highest BCUT2D eigenvalue weighted by Gasteiger charge is 2.27. The van der Waals surface area contributed by atoms with Crippen LogP contribution in [0.25, 0.3) is 0 Å². The Hall–Kier alpha value is -3.60. The molecule has 0 spiro atoms. The second-order valence-corrected chi connectivity index (χ2v) is 10.7. The van der Waals surface area contributed by atoms with E-state index in [1.807, 2.05) is 30.3 Å². The van der Waals surface area contributed by atoms with Crippen molar-refractivity contribution in [1.82, 2.24) is 10.0 Å². The van der Waals surface area contributed by atoms with Gasteiger partial charge in [0.15, 0.2) is 5.78 Å². The highest BCUT2D eigenvalue weighted by molar-refractivity contribution is 7.89. The molecule has 0 saturated carbocycles. The maximum absolute atomic E-state index is 13.4. The molecule has 2 atom stereocenters. The summed E-state index contributed by atoms with van der Waals surface area (Å²) >= 11 is 0. The fourth-order valence-electron chi connectivity index (χ4n) is 4.22. The van der Waals surface area contributed by atoms with Crippen molar-refractivity contribution in [2.45, 2.75) is 36.2 Å². The summed E-state index contributed by atoms with van der Waals surface area (Å²) in [5, 5.41) is 2.77. The molecular weight excluding hydrogens is 511 g/mol. The molecule has 38 heavy (non-hydrogen) atoms. The first kappa shape index (κ1) is 27.4. The normalized spacial score (nSPS) is 16.1. The van der Waals surface area contributed by atoms with Gasteiger partial charge in [-0.1, -0.05) is 36.4 Å². The number of amides is 1. The summed E-state index contributed by atoms with van der Waals surface area (Å²) in [4.78, 5) is 26.2. The number of methoxy groups -OCH3 is 1. The van der Waals surface area contributed by atoms with Crippen LogP contribution in [0.4, 0.5) is 4.39 Å². The fraction of sp³-hybridized carbons (Fsp3) is 0.286. The molecule has 1 heterocycles. The Morgan fingerprint density at radius 2 is 1.79 bits per heavy atom. The molecule has 1 saturated heterocycles. The largest absolute Gasteiger partial charge is 0.495 e. The quantitative estimate of drug-likeness (QED) is 0.387. The molecule has 10 heteroatoms. The molecule has 0 unspecified atom stereocenters. The van der Waals surface area contributed by atoms with Gasteiger partial charge in [-0.3, -0.25) is 9.59 Å². The lowest BCUT2D eigenvalue weighted by Gasteiger charge is -2.19. The predicted octanol–water partition coefficient (Wildman–Crippen LogP) is 3.05. The number of carbonyl (C=O) groups excluding carboxylic acids is 2. The van der Waals surface area contributed by atoms with Gasteiger partial charge in [0.05, 0.1) is 19.8 Å². The lowest BCUT2D eigenvalue weighted by Crippen LogP contribution is -2.43. The maximum Gasteiger partial charge on any atom is 0.251 e. The van der Waals surface area contributed by atoms with Crippen LogP contribution in [0.5, 0.6) is 5.75 Å². The Labute approximate surface area is 221 Å². The van der Waals surface area contributed by atoms with Crippen LogP contribution in [0.15, 0.2) is 77.7 Å². The topological polar surface area (TPSA) is 111 Å². The summed E-state index contributed by atoms with van der Waals surface area (Å²) in [6.45, 7) is 0.799. The van der Waals surface area contributed by atoms with Crippen molar-refractivity contribution < 1.29 is 31.9 Å². The standard InChI is InChI=1S/C28H29FN2O6S/c1-36-26-17-20(7-12-27(26)38(34,35)31-23-13-14-37-18-23)16-25(32)24(15-19-5-3-2-4-6-19)30-28(33)21-8-10-22(29)11-9-21/h2-12,17,23-24,31H,13-16,18H2,1H3,(H,30,33)/t23-,24+/m1/s1. The first-order valence-corrected chi connectivity index (χ1v) is 13.6. The molecule has 4 rings (SSSR count). The summed E-state index contributed by atoms with van der Waals surface area (Å²) in [5.41, 5.74) is 1.61. The van der Waals surface area contributed by atoms with Gasteiger partial charge >= 0.3 is 0 Å². The van der Waals surface area contributed by atoms with Crippen LogP contribution in [0, 0.1) is 5.82 Å². The van der Waals surface area contributed by atoms with Crippen LogP contribution in [0.3, 0.4) is 0 Å². The zero-order chi connectivity index (χ0) is 27.1. The Morgan fingerprint density at radius 3 is 2.45 bits per heavy atom. The van der Waals surface area contributed by atoms with Gasteiger partial charge in [0, 0.05) is 24.6 Å². The van der Waals surface area contributed by atoms with Crippen LogP contribution >= 0.6 is 0 Å². The van der Waals surface area contributed by atoms with E-state index in [-0.39, 0.29) is 40.9 Å². The van der Waals surface area contributed by atoms with E-state index in [4.69, 9.17) is 9.47 Å². The molecule has 1 aliphatic rings. The summed E-state index contributed by atoms with van der Waals surface area (Å²) in [5.74, 6) is -1.13. The third-order valence-electron chi connectivity index (χ3n) is 6.23. The minimum Gasteiger partial charge on any atom is -0.495 e. The van der Waals surface area contributed by atoms with Crippen LogP contribution in [0.1, 0.15) is 27.9 Å². The average Bonchev–Trinajstić information content (AvgIpc) is 3.41. The molecule has 2 N–H and O–H groups in total. The molecule has 1 amide bonds. The van der Waals surface area contributed by atoms with Gasteiger partial charge in [0.2, 0.25) is 10.0 Å². The number of Topliss-reactive ketones (excluding diaryl/α,β-unsaturated/α-hetero) is 1. The zero-order valence-electron chi connectivity index (χ0n) is 20.9. The number of benzene rings is 3. The van der Waals surface area contributed by atoms with E-state index in [9.17, 15) is 22.4 Å². The van der Waals surface area contributed by atoms with Gasteiger partial charge in [0.25, 0.3) is 5.91 Å². The van der Waals surface area contributed by atoms with Crippen molar-refractivity contribution >= 4 is 21.7 Å². The van der Waals surface area contributed by atoms with E-state index >= 15 is 0 Å².